The average molecular weight is 341 g/mol. The summed E-state index contributed by atoms with van der Waals surface area (Å²) < 4.78 is 13.2. The highest BCUT2D eigenvalue weighted by Gasteiger charge is 2.34. The summed E-state index contributed by atoms with van der Waals surface area (Å²) in [5, 5.41) is 2.77. The van der Waals surface area contributed by atoms with E-state index in [2.05, 4.69) is 5.32 Å². The molecular formula is C19H20FN3O2. The summed E-state index contributed by atoms with van der Waals surface area (Å²) in [6, 6.07) is 12.1. The molecule has 6 heteroatoms. The number of hydrogen-bond acceptors (Lipinski definition) is 3. The molecule has 0 spiro atoms. The van der Waals surface area contributed by atoms with E-state index in [1.165, 1.54) is 29.2 Å². The van der Waals surface area contributed by atoms with E-state index in [1.807, 2.05) is 12.1 Å². The number of halogens is 1. The van der Waals surface area contributed by atoms with E-state index in [0.717, 1.165) is 12.0 Å². The smallest absolute Gasteiger partial charge is 0.254 e. The molecule has 0 aromatic heterocycles. The lowest BCUT2D eigenvalue weighted by Gasteiger charge is -2.35. The van der Waals surface area contributed by atoms with Crippen molar-refractivity contribution in [1.82, 2.24) is 10.2 Å². The molecule has 3 rings (SSSR count). The van der Waals surface area contributed by atoms with Gasteiger partial charge in [-0.2, -0.15) is 0 Å². The van der Waals surface area contributed by atoms with Crippen LogP contribution in [0.4, 0.5) is 4.39 Å². The van der Waals surface area contributed by atoms with Crippen LogP contribution in [0.2, 0.25) is 0 Å². The van der Waals surface area contributed by atoms with Crippen molar-refractivity contribution in [2.24, 2.45) is 5.73 Å². The van der Waals surface area contributed by atoms with Crippen LogP contribution in [0.5, 0.6) is 0 Å². The van der Waals surface area contributed by atoms with Crippen molar-refractivity contribution in [3.05, 3.63) is 71.0 Å². The number of benzene rings is 2. The van der Waals surface area contributed by atoms with Crippen molar-refractivity contribution in [3.63, 3.8) is 0 Å². The Morgan fingerprint density at radius 2 is 1.84 bits per heavy atom. The van der Waals surface area contributed by atoms with Crippen molar-refractivity contribution in [3.8, 4) is 0 Å². The summed E-state index contributed by atoms with van der Waals surface area (Å²) in [7, 11) is 0. The van der Waals surface area contributed by atoms with Crippen molar-refractivity contribution in [2.45, 2.75) is 12.5 Å². The number of rotatable bonds is 4. The van der Waals surface area contributed by atoms with E-state index >= 15 is 0 Å². The zero-order valence-electron chi connectivity index (χ0n) is 13.7. The molecule has 1 fully saturated rings. The lowest BCUT2D eigenvalue weighted by Crippen LogP contribution is -2.52. The van der Waals surface area contributed by atoms with Crippen LogP contribution in [0.25, 0.3) is 0 Å². The van der Waals surface area contributed by atoms with Crippen LogP contribution < -0.4 is 11.1 Å². The normalized spacial score (nSPS) is 17.3. The molecule has 2 aromatic carbocycles. The Balaban J connectivity index is 1.87. The number of carbonyl (C=O) groups is 2. The Morgan fingerprint density at radius 3 is 2.48 bits per heavy atom. The van der Waals surface area contributed by atoms with E-state index < -0.39 is 6.04 Å². The number of carbonyl (C=O) groups excluding carboxylic acids is 2. The fourth-order valence-corrected chi connectivity index (χ4v) is 3.01. The molecule has 130 valence electrons. The maximum atomic E-state index is 13.2. The van der Waals surface area contributed by atoms with E-state index in [9.17, 15) is 14.0 Å². The van der Waals surface area contributed by atoms with Gasteiger partial charge in [0, 0.05) is 18.7 Å². The quantitative estimate of drug-likeness (QED) is 0.888. The van der Waals surface area contributed by atoms with Gasteiger partial charge in [0.05, 0.1) is 0 Å². The van der Waals surface area contributed by atoms with Crippen molar-refractivity contribution < 1.29 is 14.0 Å². The summed E-state index contributed by atoms with van der Waals surface area (Å²) in [5.41, 5.74) is 7.70. The Labute approximate surface area is 145 Å². The van der Waals surface area contributed by atoms with Gasteiger partial charge in [0.1, 0.15) is 11.9 Å². The van der Waals surface area contributed by atoms with Gasteiger partial charge in [0.25, 0.3) is 5.91 Å². The number of hydrogen-bond donors (Lipinski definition) is 2. The largest absolute Gasteiger partial charge is 0.352 e. The highest BCUT2D eigenvalue weighted by Crippen LogP contribution is 2.25. The Morgan fingerprint density at radius 1 is 1.16 bits per heavy atom. The average Bonchev–Trinajstić information content (AvgIpc) is 2.63. The molecule has 1 atom stereocenters. The number of amides is 2. The van der Waals surface area contributed by atoms with Gasteiger partial charge in [-0.1, -0.05) is 24.3 Å². The summed E-state index contributed by atoms with van der Waals surface area (Å²) in [6.07, 6.45) is 0.749. The first-order valence-electron chi connectivity index (χ1n) is 8.23. The second-order valence-electron chi connectivity index (χ2n) is 5.98. The lowest BCUT2D eigenvalue weighted by molar-refractivity contribution is -0.128. The first-order chi connectivity index (χ1) is 12.1. The van der Waals surface area contributed by atoms with Gasteiger partial charge in [-0.25, -0.2) is 4.39 Å². The second kappa shape index (κ2) is 7.44. The molecule has 1 saturated heterocycles. The molecule has 0 radical (unpaired) electrons. The van der Waals surface area contributed by atoms with Crippen LogP contribution in [0.15, 0.2) is 48.5 Å². The minimum atomic E-state index is -0.759. The van der Waals surface area contributed by atoms with E-state index in [-0.39, 0.29) is 17.6 Å². The first-order valence-corrected chi connectivity index (χ1v) is 8.23. The van der Waals surface area contributed by atoms with Gasteiger partial charge in [-0.3, -0.25) is 9.59 Å². The Hall–Kier alpha value is -2.73. The molecule has 25 heavy (non-hydrogen) atoms. The van der Waals surface area contributed by atoms with Gasteiger partial charge in [0.2, 0.25) is 5.91 Å². The Bertz CT molecular complexity index is 759. The topological polar surface area (TPSA) is 75.4 Å². The number of nitrogens with one attached hydrogen (secondary N) is 1. The van der Waals surface area contributed by atoms with Crippen LogP contribution in [0.3, 0.4) is 0 Å². The maximum Gasteiger partial charge on any atom is 0.254 e. The van der Waals surface area contributed by atoms with Crippen LogP contribution >= 0.6 is 0 Å². The van der Waals surface area contributed by atoms with Gasteiger partial charge in [-0.05, 0) is 48.4 Å². The van der Waals surface area contributed by atoms with Crippen LogP contribution in [0, 0.1) is 5.82 Å². The minimum absolute atomic E-state index is 0.219. The van der Waals surface area contributed by atoms with Gasteiger partial charge < -0.3 is 16.0 Å². The van der Waals surface area contributed by atoms with Gasteiger partial charge in [0.15, 0.2) is 0 Å². The van der Waals surface area contributed by atoms with Gasteiger partial charge in [-0.15, -0.1) is 0 Å². The predicted octanol–water partition coefficient (Wildman–Crippen LogP) is 1.64. The van der Waals surface area contributed by atoms with Crippen LogP contribution in [0.1, 0.15) is 27.5 Å². The summed E-state index contributed by atoms with van der Waals surface area (Å²) >= 11 is 0. The molecular weight excluding hydrogens is 321 g/mol. The molecule has 0 bridgehead atoms. The molecule has 0 aliphatic carbocycles. The van der Waals surface area contributed by atoms with Crippen molar-refractivity contribution in [2.75, 3.05) is 19.6 Å². The van der Waals surface area contributed by atoms with Crippen LogP contribution in [-0.4, -0.2) is 36.3 Å². The molecule has 0 saturated carbocycles. The number of nitrogens with zero attached hydrogens (tertiary/aromatic N) is 1. The third kappa shape index (κ3) is 3.69. The fourth-order valence-electron chi connectivity index (χ4n) is 3.01. The summed E-state index contributed by atoms with van der Waals surface area (Å²) in [5.74, 6) is -0.859. The molecule has 1 aliphatic rings. The molecule has 0 unspecified atom stereocenters. The maximum absolute atomic E-state index is 13.2. The highest BCUT2D eigenvalue weighted by molar-refractivity contribution is 5.98. The zero-order valence-corrected chi connectivity index (χ0v) is 13.7. The molecule has 1 heterocycles. The molecule has 3 N–H and O–H groups in total. The van der Waals surface area contributed by atoms with E-state index in [0.29, 0.717) is 30.8 Å². The summed E-state index contributed by atoms with van der Waals surface area (Å²) in [4.78, 5) is 26.8. The number of piperazine rings is 1. The predicted molar refractivity (Wildman–Crippen MR) is 92.4 cm³/mol. The van der Waals surface area contributed by atoms with Crippen molar-refractivity contribution in [1.29, 1.82) is 0 Å². The zero-order chi connectivity index (χ0) is 17.8. The molecule has 1 aliphatic heterocycles. The lowest BCUT2D eigenvalue weighted by atomic mass is 10.0. The second-order valence-corrected chi connectivity index (χ2v) is 5.98. The third-order valence-electron chi connectivity index (χ3n) is 4.29. The minimum Gasteiger partial charge on any atom is -0.352 e. The molecule has 2 aromatic rings. The molecule has 2 amide bonds. The van der Waals surface area contributed by atoms with E-state index in [4.69, 9.17) is 5.73 Å². The van der Waals surface area contributed by atoms with E-state index in [1.54, 1.807) is 12.1 Å². The summed E-state index contributed by atoms with van der Waals surface area (Å²) in [6.45, 7) is 1.34. The SMILES string of the molecule is NCCc1ccc(C(=O)N2CCNC(=O)[C@H]2c2ccc(F)cc2)cc1. The standard InChI is InChI=1S/C19H20FN3O2/c20-16-7-5-14(6-8-16)17-18(24)22-11-12-23(17)19(25)15-3-1-13(2-4-15)9-10-21/h1-8,17H,9-12,21H2,(H,22,24)/t17-/m1/s1. The highest BCUT2D eigenvalue weighted by atomic mass is 19.1. The number of nitrogens with two attached hydrogens (primary N) is 1. The third-order valence-corrected chi connectivity index (χ3v) is 4.29. The van der Waals surface area contributed by atoms with Crippen molar-refractivity contribution >= 4 is 11.8 Å². The fraction of sp³-hybridized carbons (Fsp3) is 0.263. The van der Waals surface area contributed by atoms with Gasteiger partial charge >= 0.3 is 0 Å². The molecule has 5 nitrogen and oxygen atoms in total. The first kappa shape index (κ1) is 17.1. The van der Waals surface area contributed by atoms with Crippen LogP contribution in [-0.2, 0) is 11.2 Å². The Kier molecular flexibility index (Phi) is 5.09. The monoisotopic (exact) mass is 341 g/mol.